The SMILES string of the molecule is Cc1cc(=O)cc(C)n1[C@H](CO)c1ccccc1. The van der Waals surface area contributed by atoms with Gasteiger partial charge in [0, 0.05) is 23.5 Å². The highest BCUT2D eigenvalue weighted by molar-refractivity contribution is 5.24. The van der Waals surface area contributed by atoms with Gasteiger partial charge in [0.2, 0.25) is 0 Å². The normalized spacial score (nSPS) is 12.4. The standard InChI is InChI=1S/C15H17NO2/c1-11-8-14(18)9-12(2)16(11)15(10-17)13-6-4-3-5-7-13/h3-9,15,17H,10H2,1-2H3/t15-/m1/s1. The number of benzene rings is 1. The van der Waals surface area contributed by atoms with Gasteiger partial charge in [0.25, 0.3) is 0 Å². The molecular weight excluding hydrogens is 226 g/mol. The first-order valence-corrected chi connectivity index (χ1v) is 5.99. The van der Waals surface area contributed by atoms with Crippen molar-refractivity contribution in [2.45, 2.75) is 19.9 Å². The predicted octanol–water partition coefficient (Wildman–Crippen LogP) is 2.05. The summed E-state index contributed by atoms with van der Waals surface area (Å²) in [7, 11) is 0. The van der Waals surface area contributed by atoms with E-state index >= 15 is 0 Å². The molecule has 0 radical (unpaired) electrons. The second kappa shape index (κ2) is 5.19. The molecule has 1 aromatic heterocycles. The summed E-state index contributed by atoms with van der Waals surface area (Å²) in [5.41, 5.74) is 2.77. The molecule has 2 rings (SSSR count). The van der Waals surface area contributed by atoms with Gasteiger partial charge in [-0.1, -0.05) is 30.3 Å². The van der Waals surface area contributed by atoms with Crippen LogP contribution in [-0.2, 0) is 0 Å². The van der Waals surface area contributed by atoms with Crippen LogP contribution in [0.3, 0.4) is 0 Å². The largest absolute Gasteiger partial charge is 0.394 e. The molecule has 1 atom stereocenters. The summed E-state index contributed by atoms with van der Waals surface area (Å²) in [6, 6.07) is 12.9. The van der Waals surface area contributed by atoms with Crippen molar-refractivity contribution < 1.29 is 5.11 Å². The average molecular weight is 243 g/mol. The second-order valence-electron chi connectivity index (χ2n) is 4.45. The van der Waals surface area contributed by atoms with Gasteiger partial charge in [0.15, 0.2) is 5.43 Å². The maximum atomic E-state index is 11.4. The van der Waals surface area contributed by atoms with Crippen molar-refractivity contribution in [1.29, 1.82) is 0 Å². The Morgan fingerprint density at radius 1 is 1.11 bits per heavy atom. The highest BCUT2D eigenvalue weighted by atomic mass is 16.3. The molecule has 0 saturated heterocycles. The second-order valence-corrected chi connectivity index (χ2v) is 4.45. The molecular formula is C15H17NO2. The van der Waals surface area contributed by atoms with Gasteiger partial charge in [-0.25, -0.2) is 0 Å². The fourth-order valence-corrected chi connectivity index (χ4v) is 2.37. The van der Waals surface area contributed by atoms with E-state index in [9.17, 15) is 9.90 Å². The van der Waals surface area contributed by atoms with Crippen molar-refractivity contribution in [1.82, 2.24) is 4.57 Å². The molecule has 0 saturated carbocycles. The number of pyridine rings is 1. The van der Waals surface area contributed by atoms with Crippen LogP contribution in [0.25, 0.3) is 0 Å². The van der Waals surface area contributed by atoms with Crippen LogP contribution in [0.15, 0.2) is 47.3 Å². The van der Waals surface area contributed by atoms with E-state index in [1.807, 2.05) is 48.7 Å². The first-order valence-electron chi connectivity index (χ1n) is 5.99. The van der Waals surface area contributed by atoms with Crippen molar-refractivity contribution in [3.8, 4) is 0 Å². The van der Waals surface area contributed by atoms with Crippen LogP contribution in [0, 0.1) is 13.8 Å². The van der Waals surface area contributed by atoms with Gasteiger partial charge in [-0.3, -0.25) is 4.79 Å². The molecule has 0 aliphatic carbocycles. The van der Waals surface area contributed by atoms with E-state index in [0.717, 1.165) is 17.0 Å². The first kappa shape index (κ1) is 12.6. The molecule has 0 unspecified atom stereocenters. The summed E-state index contributed by atoms with van der Waals surface area (Å²) >= 11 is 0. The van der Waals surface area contributed by atoms with Gasteiger partial charge in [-0.15, -0.1) is 0 Å². The van der Waals surface area contributed by atoms with Crippen molar-refractivity contribution in [2.24, 2.45) is 0 Å². The number of aryl methyl sites for hydroxylation is 2. The summed E-state index contributed by atoms with van der Waals surface area (Å²) in [5, 5.41) is 9.65. The number of aliphatic hydroxyl groups excluding tert-OH is 1. The first-order chi connectivity index (χ1) is 8.63. The molecule has 0 spiro atoms. The van der Waals surface area contributed by atoms with Crippen molar-refractivity contribution in [3.05, 3.63) is 69.6 Å². The summed E-state index contributed by atoms with van der Waals surface area (Å²) in [5.74, 6) is 0. The molecule has 1 N–H and O–H groups in total. The summed E-state index contributed by atoms with van der Waals surface area (Å²) in [6.07, 6.45) is 0. The molecule has 3 nitrogen and oxygen atoms in total. The third kappa shape index (κ3) is 2.36. The summed E-state index contributed by atoms with van der Waals surface area (Å²) in [4.78, 5) is 11.4. The monoisotopic (exact) mass is 243 g/mol. The third-order valence-corrected chi connectivity index (χ3v) is 3.13. The smallest absolute Gasteiger partial charge is 0.182 e. The Morgan fingerprint density at radius 3 is 2.17 bits per heavy atom. The number of nitrogens with zero attached hydrogens (tertiary/aromatic N) is 1. The van der Waals surface area contributed by atoms with Crippen molar-refractivity contribution in [2.75, 3.05) is 6.61 Å². The maximum absolute atomic E-state index is 11.4. The van der Waals surface area contributed by atoms with Gasteiger partial charge < -0.3 is 9.67 Å². The minimum atomic E-state index is -0.146. The van der Waals surface area contributed by atoms with Crippen molar-refractivity contribution >= 4 is 0 Å². The zero-order chi connectivity index (χ0) is 13.1. The van der Waals surface area contributed by atoms with Gasteiger partial charge in [0.05, 0.1) is 12.6 Å². The molecule has 0 aliphatic rings. The lowest BCUT2D eigenvalue weighted by Gasteiger charge is -2.24. The summed E-state index contributed by atoms with van der Waals surface area (Å²) < 4.78 is 2.00. The third-order valence-electron chi connectivity index (χ3n) is 3.13. The lowest BCUT2D eigenvalue weighted by atomic mass is 10.1. The number of rotatable bonds is 3. The molecule has 0 amide bonds. The Kier molecular flexibility index (Phi) is 3.63. The quantitative estimate of drug-likeness (QED) is 0.896. The Hall–Kier alpha value is -1.87. The average Bonchev–Trinajstić information content (AvgIpc) is 2.34. The van der Waals surface area contributed by atoms with Gasteiger partial charge in [-0.2, -0.15) is 0 Å². The molecule has 1 aromatic carbocycles. The number of aliphatic hydroxyl groups is 1. The molecule has 2 aromatic rings. The topological polar surface area (TPSA) is 42.2 Å². The van der Waals surface area contributed by atoms with E-state index in [-0.39, 0.29) is 18.1 Å². The fraction of sp³-hybridized carbons (Fsp3) is 0.267. The molecule has 94 valence electrons. The Bertz CT molecular complexity index is 561. The van der Waals surface area contributed by atoms with E-state index in [2.05, 4.69) is 0 Å². The highest BCUT2D eigenvalue weighted by Crippen LogP contribution is 2.20. The van der Waals surface area contributed by atoms with E-state index in [1.165, 1.54) is 0 Å². The zero-order valence-electron chi connectivity index (χ0n) is 10.6. The molecule has 0 bridgehead atoms. The van der Waals surface area contributed by atoms with E-state index in [0.29, 0.717) is 0 Å². The Labute approximate surface area is 106 Å². The maximum Gasteiger partial charge on any atom is 0.182 e. The minimum Gasteiger partial charge on any atom is -0.394 e. The van der Waals surface area contributed by atoms with E-state index < -0.39 is 0 Å². The molecule has 1 heterocycles. The van der Waals surface area contributed by atoms with Crippen LogP contribution in [0.4, 0.5) is 0 Å². The Balaban J connectivity index is 2.56. The number of hydrogen-bond acceptors (Lipinski definition) is 2. The van der Waals surface area contributed by atoms with Gasteiger partial charge in [-0.05, 0) is 19.4 Å². The van der Waals surface area contributed by atoms with E-state index in [1.54, 1.807) is 12.1 Å². The van der Waals surface area contributed by atoms with Crippen molar-refractivity contribution in [3.63, 3.8) is 0 Å². The van der Waals surface area contributed by atoms with Crippen LogP contribution in [-0.4, -0.2) is 16.3 Å². The minimum absolute atomic E-state index is 0.00556. The predicted molar refractivity (Wildman–Crippen MR) is 71.8 cm³/mol. The fourth-order valence-electron chi connectivity index (χ4n) is 2.37. The highest BCUT2D eigenvalue weighted by Gasteiger charge is 2.15. The lowest BCUT2D eigenvalue weighted by Crippen LogP contribution is -2.22. The van der Waals surface area contributed by atoms with Gasteiger partial charge in [0.1, 0.15) is 0 Å². The zero-order valence-corrected chi connectivity index (χ0v) is 10.6. The number of aromatic nitrogens is 1. The van der Waals surface area contributed by atoms with E-state index in [4.69, 9.17) is 0 Å². The molecule has 18 heavy (non-hydrogen) atoms. The van der Waals surface area contributed by atoms with Crippen LogP contribution in [0.5, 0.6) is 0 Å². The van der Waals surface area contributed by atoms with Crippen LogP contribution in [0.2, 0.25) is 0 Å². The molecule has 3 heteroatoms. The van der Waals surface area contributed by atoms with Crippen LogP contribution < -0.4 is 5.43 Å². The van der Waals surface area contributed by atoms with Crippen LogP contribution >= 0.6 is 0 Å². The van der Waals surface area contributed by atoms with Crippen LogP contribution in [0.1, 0.15) is 23.0 Å². The van der Waals surface area contributed by atoms with Gasteiger partial charge >= 0.3 is 0 Å². The molecule has 0 fully saturated rings. The Morgan fingerprint density at radius 2 is 1.67 bits per heavy atom. The lowest BCUT2D eigenvalue weighted by molar-refractivity contribution is 0.246. The molecule has 0 aliphatic heterocycles. The number of hydrogen-bond donors (Lipinski definition) is 1. The summed E-state index contributed by atoms with van der Waals surface area (Å²) in [6.45, 7) is 3.79.